The Balaban J connectivity index is 1.99. The predicted octanol–water partition coefficient (Wildman–Crippen LogP) is 1.80. The van der Waals surface area contributed by atoms with Crippen molar-refractivity contribution in [2.75, 3.05) is 13.2 Å². The van der Waals surface area contributed by atoms with Crippen LogP contribution in [0.2, 0.25) is 0 Å². The van der Waals surface area contributed by atoms with Crippen LogP contribution in [0.1, 0.15) is 36.5 Å². The molecule has 0 saturated heterocycles. The number of hydrogen-bond acceptors (Lipinski definition) is 4. The van der Waals surface area contributed by atoms with Crippen molar-refractivity contribution >= 4 is 5.91 Å². The van der Waals surface area contributed by atoms with Crippen LogP contribution in [-0.4, -0.2) is 39.2 Å². The van der Waals surface area contributed by atoms with Gasteiger partial charge in [0.25, 0.3) is 5.91 Å². The van der Waals surface area contributed by atoms with Gasteiger partial charge in [0.05, 0.1) is 18.1 Å². The number of aliphatic hydroxyl groups excluding tert-OH is 1. The van der Waals surface area contributed by atoms with Crippen molar-refractivity contribution in [2.24, 2.45) is 5.92 Å². The van der Waals surface area contributed by atoms with Crippen LogP contribution in [0, 0.1) is 5.92 Å². The Morgan fingerprint density at radius 1 is 1.41 bits per heavy atom. The average Bonchev–Trinajstić information content (AvgIpc) is 3.07. The van der Waals surface area contributed by atoms with Crippen molar-refractivity contribution in [3.63, 3.8) is 0 Å². The van der Waals surface area contributed by atoms with Gasteiger partial charge < -0.3 is 10.4 Å². The van der Waals surface area contributed by atoms with Gasteiger partial charge in [-0.25, -0.2) is 4.68 Å². The second-order valence-electron chi connectivity index (χ2n) is 5.27. The van der Waals surface area contributed by atoms with Gasteiger partial charge in [-0.3, -0.25) is 4.79 Å². The van der Waals surface area contributed by atoms with Crippen LogP contribution < -0.4 is 5.32 Å². The minimum Gasteiger partial charge on any atom is -0.396 e. The van der Waals surface area contributed by atoms with Gasteiger partial charge in [0.1, 0.15) is 0 Å². The molecule has 0 radical (unpaired) electrons. The average molecular weight is 302 g/mol. The summed E-state index contributed by atoms with van der Waals surface area (Å²) in [6.07, 6.45) is 6.09. The van der Waals surface area contributed by atoms with E-state index in [4.69, 9.17) is 5.11 Å². The van der Waals surface area contributed by atoms with Gasteiger partial charge in [-0.2, -0.15) is 0 Å². The summed E-state index contributed by atoms with van der Waals surface area (Å²) in [5.74, 6) is 0.207. The number of aliphatic hydroxyl groups is 1. The summed E-state index contributed by atoms with van der Waals surface area (Å²) in [7, 11) is 0. The molecule has 1 amide bonds. The second kappa shape index (κ2) is 8.29. The molecule has 0 spiro atoms. The first-order valence-electron chi connectivity index (χ1n) is 7.60. The molecule has 0 bridgehead atoms. The third-order valence-corrected chi connectivity index (χ3v) is 3.58. The highest BCUT2D eigenvalue weighted by Gasteiger charge is 2.11. The van der Waals surface area contributed by atoms with Crippen LogP contribution in [0.3, 0.4) is 0 Å². The maximum absolute atomic E-state index is 12.3. The Morgan fingerprint density at radius 2 is 2.27 bits per heavy atom. The minimum absolute atomic E-state index is 0.110. The molecule has 1 unspecified atom stereocenters. The summed E-state index contributed by atoms with van der Waals surface area (Å²) in [6, 6.07) is 7.25. The molecule has 0 aliphatic carbocycles. The smallest absolute Gasteiger partial charge is 0.251 e. The van der Waals surface area contributed by atoms with E-state index in [1.807, 2.05) is 12.1 Å². The first kappa shape index (κ1) is 16.2. The Labute approximate surface area is 130 Å². The van der Waals surface area contributed by atoms with Crippen molar-refractivity contribution in [2.45, 2.75) is 26.2 Å². The van der Waals surface area contributed by atoms with Crippen LogP contribution >= 0.6 is 0 Å². The summed E-state index contributed by atoms with van der Waals surface area (Å²) in [4.78, 5) is 12.3. The predicted molar refractivity (Wildman–Crippen MR) is 83.8 cm³/mol. The van der Waals surface area contributed by atoms with Crippen molar-refractivity contribution in [1.82, 2.24) is 20.3 Å². The van der Waals surface area contributed by atoms with Crippen LogP contribution in [-0.2, 0) is 0 Å². The maximum atomic E-state index is 12.3. The molecule has 22 heavy (non-hydrogen) atoms. The van der Waals surface area contributed by atoms with Crippen molar-refractivity contribution in [1.29, 1.82) is 0 Å². The Kier molecular flexibility index (Phi) is 6.09. The van der Waals surface area contributed by atoms with E-state index in [0.717, 1.165) is 18.5 Å². The molecule has 6 heteroatoms. The fourth-order valence-corrected chi connectivity index (χ4v) is 2.41. The quantitative estimate of drug-likeness (QED) is 0.779. The summed E-state index contributed by atoms with van der Waals surface area (Å²) < 4.78 is 1.61. The highest BCUT2D eigenvalue weighted by molar-refractivity contribution is 5.94. The summed E-state index contributed by atoms with van der Waals surface area (Å²) in [6.45, 7) is 2.84. The molecule has 0 saturated carbocycles. The third-order valence-electron chi connectivity index (χ3n) is 3.58. The fourth-order valence-electron chi connectivity index (χ4n) is 2.41. The molecule has 118 valence electrons. The Morgan fingerprint density at radius 3 is 2.95 bits per heavy atom. The molecular formula is C16H22N4O2. The SMILES string of the molecule is CCCC(CCO)CNC(=O)c1cccc(-n2ccnn2)c1. The summed E-state index contributed by atoms with van der Waals surface area (Å²) >= 11 is 0. The van der Waals surface area contributed by atoms with E-state index >= 15 is 0 Å². The number of carbonyl (C=O) groups excluding carboxylic acids is 1. The Hall–Kier alpha value is -2.21. The third kappa shape index (κ3) is 4.39. The van der Waals surface area contributed by atoms with Gasteiger partial charge in [0, 0.05) is 18.7 Å². The number of aromatic nitrogens is 3. The lowest BCUT2D eigenvalue weighted by Gasteiger charge is -2.15. The topological polar surface area (TPSA) is 80.0 Å². The number of rotatable bonds is 8. The first-order valence-corrected chi connectivity index (χ1v) is 7.60. The molecular weight excluding hydrogens is 280 g/mol. The first-order chi connectivity index (χ1) is 10.7. The van der Waals surface area contributed by atoms with E-state index in [1.165, 1.54) is 0 Å². The normalized spacial score (nSPS) is 12.1. The van der Waals surface area contributed by atoms with Gasteiger partial charge in [-0.15, -0.1) is 5.10 Å². The molecule has 1 aromatic carbocycles. The van der Waals surface area contributed by atoms with E-state index in [9.17, 15) is 4.79 Å². The van der Waals surface area contributed by atoms with Crippen LogP contribution in [0.4, 0.5) is 0 Å². The fraction of sp³-hybridized carbons (Fsp3) is 0.438. The molecule has 6 nitrogen and oxygen atoms in total. The molecule has 0 aliphatic rings. The molecule has 2 rings (SSSR count). The van der Waals surface area contributed by atoms with Crippen molar-refractivity contribution < 1.29 is 9.90 Å². The van der Waals surface area contributed by atoms with Crippen LogP contribution in [0.25, 0.3) is 5.69 Å². The molecule has 0 fully saturated rings. The monoisotopic (exact) mass is 302 g/mol. The lowest BCUT2D eigenvalue weighted by atomic mass is 10.00. The van der Waals surface area contributed by atoms with E-state index in [0.29, 0.717) is 24.4 Å². The molecule has 2 N–H and O–H groups in total. The zero-order valence-electron chi connectivity index (χ0n) is 12.8. The van der Waals surface area contributed by atoms with E-state index in [-0.39, 0.29) is 12.5 Å². The van der Waals surface area contributed by atoms with Gasteiger partial charge in [0.2, 0.25) is 0 Å². The highest BCUT2D eigenvalue weighted by Crippen LogP contribution is 2.11. The van der Waals surface area contributed by atoms with Gasteiger partial charge in [-0.05, 0) is 37.0 Å². The van der Waals surface area contributed by atoms with Crippen molar-refractivity contribution in [3.05, 3.63) is 42.2 Å². The molecule has 1 heterocycles. The number of carbonyl (C=O) groups is 1. The maximum Gasteiger partial charge on any atom is 0.251 e. The van der Waals surface area contributed by atoms with Gasteiger partial charge in [-0.1, -0.05) is 24.6 Å². The standard InChI is InChI=1S/C16H22N4O2/c1-2-4-13(7-10-21)12-17-16(22)14-5-3-6-15(11-14)20-9-8-18-19-20/h3,5-6,8-9,11,13,21H,2,4,7,10,12H2,1H3,(H,17,22). The lowest BCUT2D eigenvalue weighted by molar-refractivity contribution is 0.0943. The number of nitrogens with zero attached hydrogens (tertiary/aromatic N) is 3. The number of amides is 1. The molecule has 2 aromatic rings. The van der Waals surface area contributed by atoms with E-state index in [1.54, 1.807) is 29.2 Å². The van der Waals surface area contributed by atoms with E-state index < -0.39 is 0 Å². The van der Waals surface area contributed by atoms with Gasteiger partial charge >= 0.3 is 0 Å². The molecule has 0 aliphatic heterocycles. The number of hydrogen-bond donors (Lipinski definition) is 2. The van der Waals surface area contributed by atoms with Crippen LogP contribution in [0.5, 0.6) is 0 Å². The summed E-state index contributed by atoms with van der Waals surface area (Å²) in [5, 5.41) is 19.7. The molecule has 1 aromatic heterocycles. The largest absolute Gasteiger partial charge is 0.396 e. The molecule has 1 atom stereocenters. The van der Waals surface area contributed by atoms with E-state index in [2.05, 4.69) is 22.6 Å². The van der Waals surface area contributed by atoms with Crippen LogP contribution in [0.15, 0.2) is 36.7 Å². The van der Waals surface area contributed by atoms with Gasteiger partial charge in [0.15, 0.2) is 0 Å². The number of nitrogens with one attached hydrogen (secondary N) is 1. The van der Waals surface area contributed by atoms with Crippen molar-refractivity contribution in [3.8, 4) is 5.69 Å². The zero-order chi connectivity index (χ0) is 15.8. The zero-order valence-corrected chi connectivity index (χ0v) is 12.8. The lowest BCUT2D eigenvalue weighted by Crippen LogP contribution is -2.29. The second-order valence-corrected chi connectivity index (χ2v) is 5.27. The number of benzene rings is 1. The highest BCUT2D eigenvalue weighted by atomic mass is 16.3. The minimum atomic E-state index is -0.110. The Bertz CT molecular complexity index is 578. The summed E-state index contributed by atoms with van der Waals surface area (Å²) in [5.41, 5.74) is 1.39.